The lowest BCUT2D eigenvalue weighted by Crippen LogP contribution is -2.19. The molecular formula is C9H7F3N4O2. The van der Waals surface area contributed by atoms with E-state index in [1.54, 1.807) is 0 Å². The van der Waals surface area contributed by atoms with Crippen LogP contribution in [0.1, 0.15) is 17.4 Å². The number of hydrogen-bond acceptors (Lipinski definition) is 5. The molecule has 0 saturated carbocycles. The lowest BCUT2D eigenvalue weighted by molar-refractivity contribution is -0.209. The zero-order chi connectivity index (χ0) is 13.3. The Kier molecular flexibility index (Phi) is 2.89. The van der Waals surface area contributed by atoms with Crippen LogP contribution in [0.15, 0.2) is 12.5 Å². The van der Waals surface area contributed by atoms with Crippen molar-refractivity contribution in [2.45, 2.75) is 13.2 Å². The number of nitrogens with zero attached hydrogens (tertiary/aromatic N) is 4. The van der Waals surface area contributed by atoms with Crippen LogP contribution in [0.3, 0.4) is 0 Å². The minimum atomic E-state index is -4.77. The van der Waals surface area contributed by atoms with E-state index in [1.807, 2.05) is 0 Å². The van der Waals surface area contributed by atoms with Crippen LogP contribution >= 0.6 is 0 Å². The number of halogens is 3. The van der Waals surface area contributed by atoms with Crippen molar-refractivity contribution in [3.8, 4) is 0 Å². The molecule has 0 bridgehead atoms. The number of esters is 1. The molecule has 0 aliphatic carbocycles. The molecule has 0 N–H and O–H groups in total. The topological polar surface area (TPSA) is 69.9 Å². The molecule has 2 heterocycles. The Bertz CT molecular complexity index is 593. The molecule has 6 nitrogen and oxygen atoms in total. The van der Waals surface area contributed by atoms with Gasteiger partial charge in [-0.25, -0.2) is 14.8 Å². The van der Waals surface area contributed by atoms with Crippen molar-refractivity contribution in [3.05, 3.63) is 18.2 Å². The Morgan fingerprint density at radius 2 is 2.22 bits per heavy atom. The first-order valence-electron chi connectivity index (χ1n) is 4.88. The Morgan fingerprint density at radius 1 is 1.50 bits per heavy atom. The lowest BCUT2D eigenvalue weighted by atomic mass is 10.3. The SMILES string of the molecule is CCOC(=O)c1nn(C(F)(F)F)c2ncncc12. The number of ether oxygens (including phenoxy) is 1. The number of fused-ring (bicyclic) bond motifs is 1. The maximum absolute atomic E-state index is 12.7. The molecule has 0 aliphatic heterocycles. The van der Waals surface area contributed by atoms with Crippen LogP contribution < -0.4 is 0 Å². The van der Waals surface area contributed by atoms with Gasteiger partial charge in [-0.05, 0) is 6.92 Å². The molecule has 0 spiro atoms. The highest BCUT2D eigenvalue weighted by Crippen LogP contribution is 2.27. The highest BCUT2D eigenvalue weighted by Gasteiger charge is 2.36. The molecule has 0 saturated heterocycles. The Balaban J connectivity index is 2.65. The molecule has 2 aromatic heterocycles. The lowest BCUT2D eigenvalue weighted by Gasteiger charge is -2.05. The Hall–Kier alpha value is -2.19. The van der Waals surface area contributed by atoms with Gasteiger partial charge in [-0.3, -0.25) is 0 Å². The van der Waals surface area contributed by atoms with Gasteiger partial charge in [-0.1, -0.05) is 0 Å². The van der Waals surface area contributed by atoms with Gasteiger partial charge in [0.25, 0.3) is 0 Å². The maximum Gasteiger partial charge on any atom is 0.506 e. The van der Waals surface area contributed by atoms with E-state index in [4.69, 9.17) is 0 Å². The smallest absolute Gasteiger partial charge is 0.461 e. The Labute approximate surface area is 98.4 Å². The Morgan fingerprint density at radius 3 is 2.83 bits per heavy atom. The third-order valence-electron chi connectivity index (χ3n) is 2.06. The van der Waals surface area contributed by atoms with Gasteiger partial charge in [0.1, 0.15) is 6.33 Å². The molecule has 0 aromatic carbocycles. The van der Waals surface area contributed by atoms with Crippen LogP contribution in [0.25, 0.3) is 11.0 Å². The molecule has 18 heavy (non-hydrogen) atoms. The van der Waals surface area contributed by atoms with Crippen molar-refractivity contribution in [2.24, 2.45) is 0 Å². The van der Waals surface area contributed by atoms with Crippen molar-refractivity contribution in [2.75, 3.05) is 6.61 Å². The minimum absolute atomic E-state index is 0.0346. The molecule has 96 valence electrons. The first-order chi connectivity index (χ1) is 8.45. The van der Waals surface area contributed by atoms with E-state index in [0.29, 0.717) is 0 Å². The van der Waals surface area contributed by atoms with Crippen molar-refractivity contribution in [3.63, 3.8) is 0 Å². The van der Waals surface area contributed by atoms with Gasteiger partial charge in [0, 0.05) is 6.20 Å². The fourth-order valence-electron chi connectivity index (χ4n) is 1.39. The molecule has 0 atom stereocenters. The molecule has 0 aliphatic rings. The van der Waals surface area contributed by atoms with Crippen molar-refractivity contribution >= 4 is 17.0 Å². The van der Waals surface area contributed by atoms with E-state index in [0.717, 1.165) is 12.5 Å². The number of carbonyl (C=O) groups is 1. The van der Waals surface area contributed by atoms with Gasteiger partial charge in [-0.15, -0.1) is 13.2 Å². The third kappa shape index (κ3) is 1.98. The zero-order valence-electron chi connectivity index (χ0n) is 9.10. The molecule has 0 amide bonds. The van der Waals surface area contributed by atoms with Gasteiger partial charge in [-0.2, -0.15) is 9.78 Å². The molecular weight excluding hydrogens is 253 g/mol. The third-order valence-corrected chi connectivity index (χ3v) is 2.06. The highest BCUT2D eigenvalue weighted by molar-refractivity contribution is 6.00. The van der Waals surface area contributed by atoms with E-state index < -0.39 is 23.6 Å². The van der Waals surface area contributed by atoms with Crippen LogP contribution in [-0.2, 0) is 11.0 Å². The summed E-state index contributed by atoms with van der Waals surface area (Å²) in [6.45, 7) is 1.57. The van der Waals surface area contributed by atoms with E-state index in [2.05, 4.69) is 19.8 Å². The van der Waals surface area contributed by atoms with Crippen molar-refractivity contribution in [1.29, 1.82) is 0 Å². The van der Waals surface area contributed by atoms with Crippen LogP contribution in [0, 0.1) is 0 Å². The summed E-state index contributed by atoms with van der Waals surface area (Å²) < 4.78 is 42.3. The standard InChI is InChI=1S/C9H7F3N4O2/c1-2-18-8(17)6-5-3-13-4-14-7(5)16(15-6)9(10,11)12/h3-4H,2H2,1H3. The van der Waals surface area contributed by atoms with Gasteiger partial charge >= 0.3 is 12.3 Å². The number of hydrogen-bond donors (Lipinski definition) is 0. The molecule has 9 heteroatoms. The summed E-state index contributed by atoms with van der Waals surface area (Å²) in [6.07, 6.45) is -2.73. The van der Waals surface area contributed by atoms with Crippen LogP contribution in [-0.4, -0.2) is 32.3 Å². The summed E-state index contributed by atoms with van der Waals surface area (Å²) in [5, 5.41) is 3.09. The minimum Gasteiger partial charge on any atom is -0.461 e. The van der Waals surface area contributed by atoms with E-state index in [9.17, 15) is 18.0 Å². The van der Waals surface area contributed by atoms with Gasteiger partial charge in [0.2, 0.25) is 0 Å². The monoisotopic (exact) mass is 260 g/mol. The van der Waals surface area contributed by atoms with Crippen LogP contribution in [0.2, 0.25) is 0 Å². The summed E-state index contributed by atoms with van der Waals surface area (Å²) >= 11 is 0. The molecule has 2 aromatic rings. The molecule has 0 radical (unpaired) electrons. The molecule has 2 rings (SSSR count). The summed E-state index contributed by atoms with van der Waals surface area (Å²) in [6, 6.07) is 0. The molecule has 0 unspecified atom stereocenters. The summed E-state index contributed by atoms with van der Waals surface area (Å²) in [4.78, 5) is 18.5. The highest BCUT2D eigenvalue weighted by atomic mass is 19.4. The van der Waals surface area contributed by atoms with Gasteiger partial charge in [0.15, 0.2) is 11.3 Å². The second kappa shape index (κ2) is 4.24. The van der Waals surface area contributed by atoms with Crippen LogP contribution in [0.4, 0.5) is 13.2 Å². The number of carbonyl (C=O) groups excluding carboxylic acids is 1. The second-order valence-electron chi connectivity index (χ2n) is 3.21. The first kappa shape index (κ1) is 12.3. The maximum atomic E-state index is 12.7. The second-order valence-corrected chi connectivity index (χ2v) is 3.21. The van der Waals surface area contributed by atoms with Crippen molar-refractivity contribution in [1.82, 2.24) is 19.7 Å². The zero-order valence-corrected chi connectivity index (χ0v) is 9.10. The van der Waals surface area contributed by atoms with Gasteiger partial charge < -0.3 is 4.74 Å². The summed E-state index contributed by atoms with van der Waals surface area (Å²) in [5.41, 5.74) is -0.940. The normalized spacial score (nSPS) is 11.8. The average molecular weight is 260 g/mol. The molecule has 0 fully saturated rings. The van der Waals surface area contributed by atoms with Gasteiger partial charge in [0.05, 0.1) is 12.0 Å². The summed E-state index contributed by atoms with van der Waals surface area (Å²) in [7, 11) is 0. The van der Waals surface area contributed by atoms with Crippen molar-refractivity contribution < 1.29 is 22.7 Å². The largest absolute Gasteiger partial charge is 0.506 e. The summed E-state index contributed by atoms with van der Waals surface area (Å²) in [5.74, 6) is -0.944. The predicted molar refractivity (Wildman–Crippen MR) is 52.6 cm³/mol. The average Bonchev–Trinajstić information content (AvgIpc) is 2.68. The fourth-order valence-corrected chi connectivity index (χ4v) is 1.39. The number of rotatable bonds is 2. The number of aromatic nitrogens is 4. The van der Waals surface area contributed by atoms with Crippen LogP contribution in [0.5, 0.6) is 0 Å². The van der Waals surface area contributed by atoms with E-state index in [-0.39, 0.29) is 16.7 Å². The quantitative estimate of drug-likeness (QED) is 0.765. The number of alkyl halides is 3. The van der Waals surface area contributed by atoms with E-state index in [1.165, 1.54) is 6.92 Å². The first-order valence-corrected chi connectivity index (χ1v) is 4.88. The van der Waals surface area contributed by atoms with E-state index >= 15 is 0 Å². The fraction of sp³-hybridized carbons (Fsp3) is 0.333. The predicted octanol–water partition coefficient (Wildman–Crippen LogP) is 1.48.